The fourth-order valence-corrected chi connectivity index (χ4v) is 1.53. The third kappa shape index (κ3) is 1.63. The fraction of sp³-hybridized carbons (Fsp3) is 0.125. The van der Waals surface area contributed by atoms with Gasteiger partial charge in [0, 0.05) is 10.0 Å². The number of carbonyl (C=O) groups excluding carboxylic acids is 1. The molecule has 0 saturated carbocycles. The van der Waals surface area contributed by atoms with Crippen molar-refractivity contribution in [1.82, 2.24) is 0 Å². The zero-order valence-electron chi connectivity index (χ0n) is 5.90. The van der Waals surface area contributed by atoms with Crippen molar-refractivity contribution in [2.45, 2.75) is 6.92 Å². The Bertz CT molecular complexity index is 296. The second kappa shape index (κ2) is 3.37. The molecule has 58 valence electrons. The van der Waals surface area contributed by atoms with Gasteiger partial charge in [0.25, 0.3) is 0 Å². The van der Waals surface area contributed by atoms with Crippen LogP contribution in [0.1, 0.15) is 15.9 Å². The minimum Gasteiger partial charge on any atom is -0.298 e. The normalized spacial score (nSPS) is 9.73. The maximum Gasteiger partial charge on any atom is 0.152 e. The molecule has 0 amide bonds. The topological polar surface area (TPSA) is 17.1 Å². The van der Waals surface area contributed by atoms with E-state index in [2.05, 4.69) is 15.9 Å². The van der Waals surface area contributed by atoms with Crippen LogP contribution in [0, 0.1) is 6.92 Å². The number of aryl methyl sites for hydroxylation is 1. The van der Waals surface area contributed by atoms with Crippen LogP contribution in [0.3, 0.4) is 0 Å². The van der Waals surface area contributed by atoms with Crippen LogP contribution in [0.15, 0.2) is 16.6 Å². The lowest BCUT2D eigenvalue weighted by Gasteiger charge is -2.01. The van der Waals surface area contributed by atoms with Gasteiger partial charge < -0.3 is 0 Å². The average Bonchev–Trinajstić information content (AvgIpc) is 1.99. The van der Waals surface area contributed by atoms with Crippen molar-refractivity contribution in [3.63, 3.8) is 0 Å². The molecule has 0 atom stereocenters. The van der Waals surface area contributed by atoms with E-state index in [-0.39, 0.29) is 0 Å². The van der Waals surface area contributed by atoms with Crippen LogP contribution in [0.5, 0.6) is 0 Å². The van der Waals surface area contributed by atoms with Crippen molar-refractivity contribution >= 4 is 33.8 Å². The minimum atomic E-state index is 0.520. The Morgan fingerprint density at radius 3 is 2.64 bits per heavy atom. The Labute approximate surface area is 78.5 Å². The second-order valence-electron chi connectivity index (χ2n) is 2.21. The zero-order chi connectivity index (χ0) is 8.43. The maximum absolute atomic E-state index is 10.5. The third-order valence-electron chi connectivity index (χ3n) is 1.44. The highest BCUT2D eigenvalue weighted by Gasteiger charge is 2.05. The van der Waals surface area contributed by atoms with Crippen molar-refractivity contribution in [3.8, 4) is 0 Å². The van der Waals surface area contributed by atoms with Crippen molar-refractivity contribution in [3.05, 3.63) is 32.8 Å². The van der Waals surface area contributed by atoms with Gasteiger partial charge in [-0.15, -0.1) is 0 Å². The van der Waals surface area contributed by atoms with Gasteiger partial charge in [-0.25, -0.2) is 0 Å². The highest BCUT2D eigenvalue weighted by molar-refractivity contribution is 9.10. The number of hydrogen-bond acceptors (Lipinski definition) is 1. The number of rotatable bonds is 1. The molecule has 1 nitrogen and oxygen atoms in total. The Kier molecular flexibility index (Phi) is 2.68. The first-order valence-corrected chi connectivity index (χ1v) is 4.23. The summed E-state index contributed by atoms with van der Waals surface area (Å²) in [5.74, 6) is 0. The van der Waals surface area contributed by atoms with Gasteiger partial charge in [0.05, 0.1) is 5.02 Å². The Morgan fingerprint density at radius 1 is 1.55 bits per heavy atom. The summed E-state index contributed by atoms with van der Waals surface area (Å²) in [6.07, 6.45) is 0.749. The molecule has 1 rings (SSSR count). The standard InChI is InChI=1S/C8H6BrClO/c1-5-2-3-7(9)6(4-11)8(5)10/h2-4H,1H3. The highest BCUT2D eigenvalue weighted by atomic mass is 79.9. The van der Waals surface area contributed by atoms with E-state index in [1.54, 1.807) is 0 Å². The number of aldehydes is 1. The van der Waals surface area contributed by atoms with Crippen molar-refractivity contribution in [1.29, 1.82) is 0 Å². The Hall–Kier alpha value is -0.340. The van der Waals surface area contributed by atoms with Crippen molar-refractivity contribution in [2.75, 3.05) is 0 Å². The van der Waals surface area contributed by atoms with Crippen LogP contribution in [-0.2, 0) is 0 Å². The van der Waals surface area contributed by atoms with Crippen LogP contribution < -0.4 is 0 Å². The SMILES string of the molecule is Cc1ccc(Br)c(C=O)c1Cl. The van der Waals surface area contributed by atoms with Gasteiger partial charge in [-0.3, -0.25) is 4.79 Å². The van der Waals surface area contributed by atoms with Crippen LogP contribution in [0.2, 0.25) is 5.02 Å². The summed E-state index contributed by atoms with van der Waals surface area (Å²) in [4.78, 5) is 10.5. The molecule has 1 aromatic rings. The molecule has 0 saturated heterocycles. The molecule has 0 aliphatic heterocycles. The van der Waals surface area contributed by atoms with E-state index >= 15 is 0 Å². The van der Waals surface area contributed by atoms with E-state index in [0.717, 1.165) is 16.3 Å². The van der Waals surface area contributed by atoms with Crippen LogP contribution in [0.4, 0.5) is 0 Å². The summed E-state index contributed by atoms with van der Waals surface area (Å²) >= 11 is 9.06. The molecular weight excluding hydrogens is 227 g/mol. The molecule has 0 spiro atoms. The molecule has 0 aliphatic carbocycles. The predicted octanol–water partition coefficient (Wildman–Crippen LogP) is 3.22. The van der Waals surface area contributed by atoms with E-state index in [4.69, 9.17) is 11.6 Å². The summed E-state index contributed by atoms with van der Waals surface area (Å²) in [5.41, 5.74) is 1.43. The molecule has 0 aromatic heterocycles. The molecule has 11 heavy (non-hydrogen) atoms. The number of halogens is 2. The number of carbonyl (C=O) groups is 1. The van der Waals surface area contributed by atoms with E-state index in [0.29, 0.717) is 10.6 Å². The molecule has 0 fully saturated rings. The van der Waals surface area contributed by atoms with Gasteiger partial charge in [0.2, 0.25) is 0 Å². The first kappa shape index (κ1) is 8.75. The van der Waals surface area contributed by atoms with Crippen LogP contribution in [-0.4, -0.2) is 6.29 Å². The van der Waals surface area contributed by atoms with Crippen molar-refractivity contribution in [2.24, 2.45) is 0 Å². The van der Waals surface area contributed by atoms with E-state index in [1.165, 1.54) is 0 Å². The van der Waals surface area contributed by atoms with Crippen LogP contribution in [0.25, 0.3) is 0 Å². The van der Waals surface area contributed by atoms with Crippen LogP contribution >= 0.6 is 27.5 Å². The Balaban J connectivity index is 3.40. The molecular formula is C8H6BrClO. The summed E-state index contributed by atoms with van der Waals surface area (Å²) < 4.78 is 0.739. The van der Waals surface area contributed by atoms with E-state index in [1.807, 2.05) is 19.1 Å². The van der Waals surface area contributed by atoms with Gasteiger partial charge in [-0.05, 0) is 18.6 Å². The van der Waals surface area contributed by atoms with E-state index in [9.17, 15) is 4.79 Å². The van der Waals surface area contributed by atoms with Gasteiger partial charge in [-0.1, -0.05) is 33.6 Å². The summed E-state index contributed by atoms with van der Waals surface area (Å²) in [7, 11) is 0. The van der Waals surface area contributed by atoms with Gasteiger partial charge in [-0.2, -0.15) is 0 Å². The lowest BCUT2D eigenvalue weighted by atomic mass is 10.1. The number of benzene rings is 1. The minimum absolute atomic E-state index is 0.520. The first-order valence-electron chi connectivity index (χ1n) is 3.06. The molecule has 0 bridgehead atoms. The molecule has 0 heterocycles. The summed E-state index contributed by atoms with van der Waals surface area (Å²) in [5, 5.41) is 0.523. The monoisotopic (exact) mass is 232 g/mol. The Morgan fingerprint density at radius 2 is 2.18 bits per heavy atom. The largest absolute Gasteiger partial charge is 0.298 e. The number of hydrogen-bond donors (Lipinski definition) is 0. The quantitative estimate of drug-likeness (QED) is 0.681. The average molecular weight is 233 g/mol. The molecule has 0 aliphatic rings. The van der Waals surface area contributed by atoms with Gasteiger partial charge in [0.1, 0.15) is 0 Å². The van der Waals surface area contributed by atoms with Gasteiger partial charge >= 0.3 is 0 Å². The summed E-state index contributed by atoms with van der Waals surface area (Å²) in [6.45, 7) is 1.86. The second-order valence-corrected chi connectivity index (χ2v) is 3.44. The molecule has 0 unspecified atom stereocenters. The lowest BCUT2D eigenvalue weighted by molar-refractivity contribution is 0.112. The van der Waals surface area contributed by atoms with Gasteiger partial charge in [0.15, 0.2) is 6.29 Å². The van der Waals surface area contributed by atoms with Crippen molar-refractivity contribution < 1.29 is 4.79 Å². The predicted molar refractivity (Wildman–Crippen MR) is 49.3 cm³/mol. The maximum atomic E-state index is 10.5. The summed E-state index contributed by atoms with van der Waals surface area (Å²) in [6, 6.07) is 3.67. The molecule has 0 radical (unpaired) electrons. The third-order valence-corrected chi connectivity index (χ3v) is 2.63. The lowest BCUT2D eigenvalue weighted by Crippen LogP contribution is -1.86. The molecule has 1 aromatic carbocycles. The van der Waals surface area contributed by atoms with E-state index < -0.39 is 0 Å². The zero-order valence-corrected chi connectivity index (χ0v) is 8.24. The fourth-order valence-electron chi connectivity index (χ4n) is 0.786. The highest BCUT2D eigenvalue weighted by Crippen LogP contribution is 2.25. The molecule has 3 heteroatoms. The first-order chi connectivity index (χ1) is 5.16. The smallest absolute Gasteiger partial charge is 0.152 e. The molecule has 0 N–H and O–H groups in total.